The van der Waals surface area contributed by atoms with E-state index in [0.717, 1.165) is 18.7 Å². The molecule has 1 aromatic heterocycles. The van der Waals surface area contributed by atoms with Crippen molar-refractivity contribution >= 4 is 11.8 Å². The lowest BCUT2D eigenvalue weighted by atomic mass is 10.0. The Labute approximate surface area is 133 Å². The molecule has 0 spiro atoms. The number of fused-ring (bicyclic) bond motifs is 1. The highest BCUT2D eigenvalue weighted by atomic mass is 19.4. The van der Waals surface area contributed by atoms with Gasteiger partial charge in [0.25, 0.3) is 0 Å². The predicted octanol–water partition coefficient (Wildman–Crippen LogP) is 4.74. The summed E-state index contributed by atoms with van der Waals surface area (Å²) in [6, 6.07) is 0.994. The first-order valence-corrected chi connectivity index (χ1v) is 7.56. The molecule has 0 saturated heterocycles. The van der Waals surface area contributed by atoms with Crippen LogP contribution in [0.5, 0.6) is 0 Å². The maximum Gasteiger partial charge on any atom is 0.417 e. The van der Waals surface area contributed by atoms with Crippen LogP contribution in [0.15, 0.2) is 12.3 Å². The topological polar surface area (TPSA) is 42.4 Å². The normalized spacial score (nSPS) is 19.1. The Bertz CT molecular complexity index is 594. The molecule has 2 heterocycles. The van der Waals surface area contributed by atoms with Crippen LogP contribution < -0.4 is 4.90 Å². The number of halogens is 3. The van der Waals surface area contributed by atoms with Gasteiger partial charge >= 0.3 is 12.3 Å². The summed E-state index contributed by atoms with van der Waals surface area (Å²) < 4.78 is 44.3. The fourth-order valence-electron chi connectivity index (χ4n) is 2.53. The molecular weight excluding hydrogens is 309 g/mol. The number of carbonyl (C=O) groups excluding carboxylic acids is 1. The molecule has 1 atom stereocenters. The third kappa shape index (κ3) is 4.14. The number of aromatic nitrogens is 1. The molecule has 0 saturated carbocycles. The van der Waals surface area contributed by atoms with Gasteiger partial charge in [-0.25, -0.2) is 4.79 Å². The SMILES string of the molecule is CC1CCCN(C(=O)OC(C)(C)C)c2cc(C(F)(F)F)cnc21. The zero-order chi connectivity index (χ0) is 17.4. The van der Waals surface area contributed by atoms with Gasteiger partial charge in [0.1, 0.15) is 5.60 Å². The van der Waals surface area contributed by atoms with Gasteiger partial charge in [-0.3, -0.25) is 9.88 Å². The van der Waals surface area contributed by atoms with Crippen molar-refractivity contribution in [3.8, 4) is 0 Å². The smallest absolute Gasteiger partial charge is 0.417 e. The number of hydrogen-bond acceptors (Lipinski definition) is 3. The monoisotopic (exact) mass is 330 g/mol. The van der Waals surface area contributed by atoms with Crippen molar-refractivity contribution < 1.29 is 22.7 Å². The lowest BCUT2D eigenvalue weighted by Gasteiger charge is -2.28. The maximum absolute atomic E-state index is 13.0. The average Bonchev–Trinajstić information content (AvgIpc) is 2.55. The van der Waals surface area contributed by atoms with Crippen molar-refractivity contribution in [2.75, 3.05) is 11.4 Å². The number of pyridine rings is 1. The quantitative estimate of drug-likeness (QED) is 0.690. The van der Waals surface area contributed by atoms with E-state index >= 15 is 0 Å². The molecule has 1 unspecified atom stereocenters. The Kier molecular flexibility index (Phi) is 4.59. The first-order valence-electron chi connectivity index (χ1n) is 7.56. The molecule has 0 radical (unpaired) electrons. The van der Waals surface area contributed by atoms with Crippen molar-refractivity contribution in [3.05, 3.63) is 23.5 Å². The summed E-state index contributed by atoms with van der Waals surface area (Å²) in [5.41, 5.74) is -0.885. The minimum Gasteiger partial charge on any atom is -0.443 e. The molecule has 1 amide bonds. The van der Waals surface area contributed by atoms with Crippen LogP contribution >= 0.6 is 0 Å². The van der Waals surface area contributed by atoms with Gasteiger partial charge in [0.15, 0.2) is 0 Å². The van der Waals surface area contributed by atoms with Gasteiger partial charge in [0.05, 0.1) is 16.9 Å². The maximum atomic E-state index is 13.0. The molecule has 1 aliphatic rings. The summed E-state index contributed by atoms with van der Waals surface area (Å²) in [5.74, 6) is -0.0141. The molecule has 1 aliphatic heterocycles. The van der Waals surface area contributed by atoms with Crippen molar-refractivity contribution in [3.63, 3.8) is 0 Å². The minimum atomic E-state index is -4.50. The molecule has 7 heteroatoms. The summed E-state index contributed by atoms with van der Waals surface area (Å²) in [4.78, 5) is 17.6. The van der Waals surface area contributed by atoms with E-state index in [1.54, 1.807) is 20.8 Å². The minimum absolute atomic E-state index is 0.0141. The lowest BCUT2D eigenvalue weighted by Crippen LogP contribution is -2.37. The van der Waals surface area contributed by atoms with Crippen LogP contribution in [0.3, 0.4) is 0 Å². The first-order chi connectivity index (χ1) is 10.5. The van der Waals surface area contributed by atoms with Gasteiger partial charge in [0, 0.05) is 18.7 Å². The second-order valence-corrected chi connectivity index (χ2v) is 6.80. The Morgan fingerprint density at radius 1 is 1.35 bits per heavy atom. The molecule has 23 heavy (non-hydrogen) atoms. The molecule has 0 bridgehead atoms. The largest absolute Gasteiger partial charge is 0.443 e. The van der Waals surface area contributed by atoms with E-state index in [-0.39, 0.29) is 11.6 Å². The number of hydrogen-bond donors (Lipinski definition) is 0. The van der Waals surface area contributed by atoms with Crippen LogP contribution in [0, 0.1) is 0 Å². The molecule has 0 aliphatic carbocycles. The van der Waals surface area contributed by atoms with E-state index < -0.39 is 23.4 Å². The Morgan fingerprint density at radius 2 is 2.00 bits per heavy atom. The summed E-state index contributed by atoms with van der Waals surface area (Å²) >= 11 is 0. The number of amides is 1. The highest BCUT2D eigenvalue weighted by Gasteiger charge is 2.35. The molecule has 0 fully saturated rings. The Balaban J connectivity index is 2.47. The van der Waals surface area contributed by atoms with E-state index in [0.29, 0.717) is 18.7 Å². The standard InChI is InChI=1S/C16H21F3N2O2/c1-10-6-5-7-21(14(22)23-15(2,3)4)12-8-11(16(17,18)19)9-20-13(10)12/h8-10H,5-7H2,1-4H3. The number of nitrogens with zero attached hydrogens (tertiary/aromatic N) is 2. The Morgan fingerprint density at radius 3 is 2.57 bits per heavy atom. The summed E-state index contributed by atoms with van der Waals surface area (Å²) in [7, 11) is 0. The highest BCUT2D eigenvalue weighted by Crippen LogP contribution is 2.38. The lowest BCUT2D eigenvalue weighted by molar-refractivity contribution is -0.137. The van der Waals surface area contributed by atoms with Crippen LogP contribution in [0.2, 0.25) is 0 Å². The van der Waals surface area contributed by atoms with Crippen LogP contribution in [0.4, 0.5) is 23.7 Å². The number of anilines is 1. The van der Waals surface area contributed by atoms with Crippen molar-refractivity contribution in [1.82, 2.24) is 4.98 Å². The van der Waals surface area contributed by atoms with E-state index in [9.17, 15) is 18.0 Å². The van der Waals surface area contributed by atoms with Gasteiger partial charge in [-0.1, -0.05) is 6.92 Å². The molecule has 0 aromatic carbocycles. The zero-order valence-corrected chi connectivity index (χ0v) is 13.7. The van der Waals surface area contributed by atoms with E-state index in [4.69, 9.17) is 4.74 Å². The average molecular weight is 330 g/mol. The van der Waals surface area contributed by atoms with E-state index in [1.807, 2.05) is 6.92 Å². The summed E-state index contributed by atoms with van der Waals surface area (Å²) in [6.45, 7) is 7.37. The second-order valence-electron chi connectivity index (χ2n) is 6.80. The number of ether oxygens (including phenoxy) is 1. The first kappa shape index (κ1) is 17.6. The number of carbonyl (C=O) groups is 1. The van der Waals surface area contributed by atoms with Gasteiger partial charge < -0.3 is 4.74 Å². The molecule has 128 valence electrons. The van der Waals surface area contributed by atoms with Crippen LogP contribution in [0.25, 0.3) is 0 Å². The predicted molar refractivity (Wildman–Crippen MR) is 80.5 cm³/mol. The third-order valence-corrected chi connectivity index (χ3v) is 3.62. The molecule has 0 N–H and O–H groups in total. The van der Waals surface area contributed by atoms with Gasteiger partial charge in [-0.15, -0.1) is 0 Å². The van der Waals surface area contributed by atoms with Crippen molar-refractivity contribution in [2.24, 2.45) is 0 Å². The Hall–Kier alpha value is -1.79. The highest BCUT2D eigenvalue weighted by molar-refractivity contribution is 5.89. The summed E-state index contributed by atoms with van der Waals surface area (Å²) in [6.07, 6.45) is -2.89. The van der Waals surface area contributed by atoms with E-state index in [1.165, 1.54) is 4.90 Å². The number of rotatable bonds is 0. The van der Waals surface area contributed by atoms with E-state index in [2.05, 4.69) is 4.98 Å². The van der Waals surface area contributed by atoms with Crippen molar-refractivity contribution in [2.45, 2.75) is 58.2 Å². The number of alkyl halides is 3. The van der Waals surface area contributed by atoms with Gasteiger partial charge in [-0.2, -0.15) is 13.2 Å². The van der Waals surface area contributed by atoms with Crippen LogP contribution in [0.1, 0.15) is 57.7 Å². The molecular formula is C16H21F3N2O2. The molecule has 2 rings (SSSR count). The fourth-order valence-corrected chi connectivity index (χ4v) is 2.53. The second kappa shape index (κ2) is 6.02. The fraction of sp³-hybridized carbons (Fsp3) is 0.625. The van der Waals surface area contributed by atoms with Gasteiger partial charge in [0.2, 0.25) is 0 Å². The molecule has 4 nitrogen and oxygen atoms in total. The van der Waals surface area contributed by atoms with Gasteiger partial charge in [-0.05, 0) is 39.7 Å². The van der Waals surface area contributed by atoms with Crippen LogP contribution in [-0.4, -0.2) is 23.2 Å². The van der Waals surface area contributed by atoms with Crippen molar-refractivity contribution in [1.29, 1.82) is 0 Å². The third-order valence-electron chi connectivity index (χ3n) is 3.62. The summed E-state index contributed by atoms with van der Waals surface area (Å²) in [5, 5.41) is 0. The van der Waals surface area contributed by atoms with Crippen LogP contribution in [-0.2, 0) is 10.9 Å². The zero-order valence-electron chi connectivity index (χ0n) is 13.7. The molecule has 1 aromatic rings.